The first-order chi connectivity index (χ1) is 11.7. The maximum atomic E-state index is 12.5. The molecule has 0 aliphatic carbocycles. The van der Waals surface area contributed by atoms with Gasteiger partial charge in [0.1, 0.15) is 11.9 Å². The van der Waals surface area contributed by atoms with Crippen molar-refractivity contribution in [2.45, 2.75) is 32.2 Å². The highest BCUT2D eigenvalue weighted by atomic mass is 16.2. The van der Waals surface area contributed by atoms with Crippen LogP contribution in [0.4, 0.5) is 5.82 Å². The van der Waals surface area contributed by atoms with E-state index in [2.05, 4.69) is 27.8 Å². The lowest BCUT2D eigenvalue weighted by Crippen LogP contribution is -2.52. The van der Waals surface area contributed by atoms with Gasteiger partial charge in [0.05, 0.1) is 12.1 Å². The Morgan fingerprint density at radius 1 is 1.29 bits per heavy atom. The standard InChI is InChI=1S/C18H25N5O/c1-15-5-2-3-8-23(15)17(24)14-21-9-11-22(12-10-21)18-16(13-19)6-4-7-20-18/h4,6-7,15H,2-3,5,8-12,14H2,1H3. The summed E-state index contributed by atoms with van der Waals surface area (Å²) in [4.78, 5) is 23.3. The van der Waals surface area contributed by atoms with Crippen LogP contribution in [-0.4, -0.2) is 66.0 Å². The number of hydrogen-bond donors (Lipinski definition) is 0. The normalized spacial score (nSPS) is 22.2. The molecule has 0 bridgehead atoms. The minimum atomic E-state index is 0.256. The maximum Gasteiger partial charge on any atom is 0.236 e. The number of aromatic nitrogens is 1. The molecule has 0 aromatic carbocycles. The third-order valence-corrected chi connectivity index (χ3v) is 5.06. The highest BCUT2D eigenvalue weighted by Gasteiger charge is 2.26. The lowest BCUT2D eigenvalue weighted by molar-refractivity contribution is -0.135. The van der Waals surface area contributed by atoms with Crippen LogP contribution in [0, 0.1) is 11.3 Å². The summed E-state index contributed by atoms with van der Waals surface area (Å²) in [6, 6.07) is 6.17. The summed E-state index contributed by atoms with van der Waals surface area (Å²) in [5.41, 5.74) is 0.615. The van der Waals surface area contributed by atoms with Gasteiger partial charge >= 0.3 is 0 Å². The molecule has 2 aliphatic rings. The van der Waals surface area contributed by atoms with Crippen molar-refractivity contribution in [1.29, 1.82) is 5.26 Å². The van der Waals surface area contributed by atoms with E-state index in [0.29, 0.717) is 18.2 Å². The molecule has 0 spiro atoms. The number of hydrogen-bond acceptors (Lipinski definition) is 5. The lowest BCUT2D eigenvalue weighted by Gasteiger charge is -2.38. The van der Waals surface area contributed by atoms with Gasteiger partial charge in [0, 0.05) is 45.0 Å². The minimum Gasteiger partial charge on any atom is -0.353 e. The first-order valence-corrected chi connectivity index (χ1v) is 8.81. The van der Waals surface area contributed by atoms with Gasteiger partial charge in [-0.05, 0) is 38.3 Å². The number of carbonyl (C=O) groups excluding carboxylic acids is 1. The summed E-state index contributed by atoms with van der Waals surface area (Å²) in [6.07, 6.45) is 5.20. The lowest BCUT2D eigenvalue weighted by atomic mass is 10.0. The van der Waals surface area contributed by atoms with E-state index in [0.717, 1.165) is 51.4 Å². The van der Waals surface area contributed by atoms with Crippen molar-refractivity contribution in [2.75, 3.05) is 44.2 Å². The number of amides is 1. The predicted octanol–water partition coefficient (Wildman–Crippen LogP) is 1.48. The van der Waals surface area contributed by atoms with Crippen LogP contribution in [0.25, 0.3) is 0 Å². The first-order valence-electron chi connectivity index (χ1n) is 8.81. The zero-order valence-corrected chi connectivity index (χ0v) is 14.3. The van der Waals surface area contributed by atoms with Crippen molar-refractivity contribution in [2.24, 2.45) is 0 Å². The molecule has 2 aliphatic heterocycles. The molecule has 1 atom stereocenters. The molecule has 2 saturated heterocycles. The largest absolute Gasteiger partial charge is 0.353 e. The third-order valence-electron chi connectivity index (χ3n) is 5.06. The maximum absolute atomic E-state index is 12.5. The van der Waals surface area contributed by atoms with Crippen molar-refractivity contribution in [3.8, 4) is 6.07 Å². The van der Waals surface area contributed by atoms with E-state index < -0.39 is 0 Å². The molecule has 0 saturated carbocycles. The van der Waals surface area contributed by atoms with E-state index in [9.17, 15) is 10.1 Å². The van der Waals surface area contributed by atoms with E-state index in [-0.39, 0.29) is 5.91 Å². The molecule has 0 N–H and O–H groups in total. The summed E-state index contributed by atoms with van der Waals surface area (Å²) in [6.45, 7) is 6.82. The summed E-state index contributed by atoms with van der Waals surface area (Å²) in [7, 11) is 0. The van der Waals surface area contributed by atoms with E-state index in [1.807, 2.05) is 4.90 Å². The van der Waals surface area contributed by atoms with Crippen LogP contribution in [0.15, 0.2) is 18.3 Å². The molecule has 24 heavy (non-hydrogen) atoms. The Kier molecular flexibility index (Phi) is 5.31. The average Bonchev–Trinajstić information content (AvgIpc) is 2.62. The number of anilines is 1. The SMILES string of the molecule is CC1CCCCN1C(=O)CN1CCN(c2ncccc2C#N)CC1. The fourth-order valence-electron chi connectivity index (χ4n) is 3.60. The smallest absolute Gasteiger partial charge is 0.236 e. The second-order valence-corrected chi connectivity index (χ2v) is 6.68. The van der Waals surface area contributed by atoms with Crippen LogP contribution in [0.2, 0.25) is 0 Å². The Hall–Kier alpha value is -2.13. The van der Waals surface area contributed by atoms with Gasteiger partial charge in [-0.15, -0.1) is 0 Å². The van der Waals surface area contributed by atoms with Crippen molar-refractivity contribution in [1.82, 2.24) is 14.8 Å². The molecule has 1 aromatic heterocycles. The monoisotopic (exact) mass is 327 g/mol. The number of likely N-dealkylation sites (tertiary alicyclic amines) is 1. The topological polar surface area (TPSA) is 63.5 Å². The number of piperidine rings is 1. The number of carbonyl (C=O) groups is 1. The molecule has 1 unspecified atom stereocenters. The molecular weight excluding hydrogens is 302 g/mol. The van der Waals surface area contributed by atoms with Crippen molar-refractivity contribution >= 4 is 11.7 Å². The molecule has 0 radical (unpaired) electrons. The zero-order valence-electron chi connectivity index (χ0n) is 14.3. The van der Waals surface area contributed by atoms with Gasteiger partial charge in [0.15, 0.2) is 0 Å². The number of piperazine rings is 1. The zero-order chi connectivity index (χ0) is 16.9. The van der Waals surface area contributed by atoms with Crippen LogP contribution < -0.4 is 4.90 Å². The molecule has 1 aromatic rings. The molecule has 6 nitrogen and oxygen atoms in total. The highest BCUT2D eigenvalue weighted by Crippen LogP contribution is 2.19. The Bertz CT molecular complexity index is 618. The van der Waals surface area contributed by atoms with Crippen molar-refractivity contribution in [3.05, 3.63) is 23.9 Å². The van der Waals surface area contributed by atoms with E-state index in [4.69, 9.17) is 0 Å². The molecule has 1 amide bonds. The Morgan fingerprint density at radius 2 is 2.08 bits per heavy atom. The number of rotatable bonds is 3. The number of pyridine rings is 1. The summed E-state index contributed by atoms with van der Waals surface area (Å²) < 4.78 is 0. The van der Waals surface area contributed by atoms with Crippen LogP contribution in [0.5, 0.6) is 0 Å². The highest BCUT2D eigenvalue weighted by molar-refractivity contribution is 5.78. The quantitative estimate of drug-likeness (QED) is 0.841. The van der Waals surface area contributed by atoms with Crippen LogP contribution in [0.3, 0.4) is 0 Å². The predicted molar refractivity (Wildman–Crippen MR) is 92.6 cm³/mol. The van der Waals surface area contributed by atoms with Gasteiger partial charge in [-0.1, -0.05) is 0 Å². The van der Waals surface area contributed by atoms with Crippen molar-refractivity contribution in [3.63, 3.8) is 0 Å². The van der Waals surface area contributed by atoms with Crippen LogP contribution >= 0.6 is 0 Å². The summed E-state index contributed by atoms with van der Waals surface area (Å²) in [5.74, 6) is 1.02. The third kappa shape index (κ3) is 3.68. The average molecular weight is 327 g/mol. The molecule has 128 valence electrons. The molecule has 3 rings (SSSR count). The molecule has 2 fully saturated rings. The van der Waals surface area contributed by atoms with Gasteiger partial charge in [-0.3, -0.25) is 9.69 Å². The Morgan fingerprint density at radius 3 is 2.79 bits per heavy atom. The van der Waals surface area contributed by atoms with Gasteiger partial charge in [0.2, 0.25) is 5.91 Å². The fraction of sp³-hybridized carbons (Fsp3) is 0.611. The van der Waals surface area contributed by atoms with Crippen LogP contribution in [-0.2, 0) is 4.79 Å². The molecular formula is C18H25N5O. The molecule has 3 heterocycles. The molecule has 6 heteroatoms. The van der Waals surface area contributed by atoms with Gasteiger partial charge in [-0.2, -0.15) is 5.26 Å². The van der Waals surface area contributed by atoms with Crippen LogP contribution in [0.1, 0.15) is 31.7 Å². The van der Waals surface area contributed by atoms with E-state index in [1.54, 1.807) is 18.3 Å². The van der Waals surface area contributed by atoms with Gasteiger partial charge in [0.25, 0.3) is 0 Å². The fourth-order valence-corrected chi connectivity index (χ4v) is 3.60. The Labute approximate surface area is 143 Å². The summed E-state index contributed by atoms with van der Waals surface area (Å²) in [5, 5.41) is 9.21. The van der Waals surface area contributed by atoms with E-state index in [1.165, 1.54) is 6.42 Å². The van der Waals surface area contributed by atoms with Gasteiger partial charge < -0.3 is 9.80 Å². The second-order valence-electron chi connectivity index (χ2n) is 6.68. The second kappa shape index (κ2) is 7.63. The summed E-state index contributed by atoms with van der Waals surface area (Å²) >= 11 is 0. The number of nitrogens with zero attached hydrogens (tertiary/aromatic N) is 5. The van der Waals surface area contributed by atoms with Crippen molar-refractivity contribution < 1.29 is 4.79 Å². The number of nitriles is 1. The Balaban J connectivity index is 1.54. The minimum absolute atomic E-state index is 0.256. The van der Waals surface area contributed by atoms with Gasteiger partial charge in [-0.25, -0.2) is 4.98 Å². The first kappa shape index (κ1) is 16.7. The van der Waals surface area contributed by atoms with E-state index >= 15 is 0 Å².